The van der Waals surface area contributed by atoms with Crippen LogP contribution < -0.4 is 5.32 Å². The van der Waals surface area contributed by atoms with E-state index < -0.39 is 5.97 Å². The van der Waals surface area contributed by atoms with Crippen molar-refractivity contribution in [3.8, 4) is 0 Å². The topological polar surface area (TPSA) is 49.3 Å². The van der Waals surface area contributed by atoms with E-state index in [9.17, 15) is 4.79 Å². The number of carboxylic acids is 1. The van der Waals surface area contributed by atoms with Gasteiger partial charge in [0, 0.05) is 6.04 Å². The fraction of sp³-hybridized carbons (Fsp3) is 0.833. The standard InChI is InChI=1S/C6H9NO2/c8-6(9)5-2-3-1-4(3)7-5/h3-5,7H,1-2H2,(H,8,9)/t3-,4+,5+/m0/s1. The summed E-state index contributed by atoms with van der Waals surface area (Å²) in [7, 11) is 0. The number of piperidine rings is 1. The predicted molar refractivity (Wildman–Crippen MR) is 31.1 cm³/mol. The van der Waals surface area contributed by atoms with Crippen LogP contribution in [0, 0.1) is 5.92 Å². The van der Waals surface area contributed by atoms with Gasteiger partial charge in [-0.15, -0.1) is 0 Å². The summed E-state index contributed by atoms with van der Waals surface area (Å²) in [6.45, 7) is 0. The zero-order valence-corrected chi connectivity index (χ0v) is 5.00. The molecule has 0 spiro atoms. The molecule has 3 atom stereocenters. The fourth-order valence-corrected chi connectivity index (χ4v) is 1.51. The van der Waals surface area contributed by atoms with E-state index in [1.165, 1.54) is 6.42 Å². The van der Waals surface area contributed by atoms with E-state index in [2.05, 4.69) is 5.32 Å². The number of hydrogen-bond acceptors (Lipinski definition) is 2. The molecule has 0 aromatic heterocycles. The largest absolute Gasteiger partial charge is 0.480 e. The Balaban J connectivity index is 1.97. The molecule has 2 fully saturated rings. The number of nitrogens with one attached hydrogen (secondary N) is 1. The number of fused-ring (bicyclic) bond motifs is 1. The van der Waals surface area contributed by atoms with Gasteiger partial charge in [0.25, 0.3) is 0 Å². The highest BCUT2D eigenvalue weighted by atomic mass is 16.4. The monoisotopic (exact) mass is 127 g/mol. The second kappa shape index (κ2) is 1.48. The van der Waals surface area contributed by atoms with Gasteiger partial charge in [-0.25, -0.2) is 0 Å². The van der Waals surface area contributed by atoms with E-state index in [1.807, 2.05) is 0 Å². The van der Waals surface area contributed by atoms with E-state index in [0.717, 1.165) is 6.42 Å². The highest BCUT2D eigenvalue weighted by molar-refractivity contribution is 5.74. The highest BCUT2D eigenvalue weighted by Crippen LogP contribution is 2.40. The maximum Gasteiger partial charge on any atom is 0.320 e. The Morgan fingerprint density at radius 2 is 2.33 bits per heavy atom. The number of carbonyl (C=O) groups is 1. The van der Waals surface area contributed by atoms with Gasteiger partial charge in [0.05, 0.1) is 0 Å². The minimum atomic E-state index is -0.692. The van der Waals surface area contributed by atoms with Crippen LogP contribution >= 0.6 is 0 Å². The van der Waals surface area contributed by atoms with Gasteiger partial charge < -0.3 is 10.4 Å². The second-order valence-electron chi connectivity index (χ2n) is 2.90. The summed E-state index contributed by atoms with van der Waals surface area (Å²) < 4.78 is 0. The molecule has 2 rings (SSSR count). The molecule has 0 aromatic carbocycles. The molecule has 3 heteroatoms. The highest BCUT2D eigenvalue weighted by Gasteiger charge is 2.47. The Morgan fingerprint density at radius 1 is 1.56 bits per heavy atom. The van der Waals surface area contributed by atoms with Gasteiger partial charge in [0.15, 0.2) is 0 Å². The van der Waals surface area contributed by atoms with Crippen LogP contribution in [0.25, 0.3) is 0 Å². The van der Waals surface area contributed by atoms with Gasteiger partial charge >= 0.3 is 5.97 Å². The summed E-state index contributed by atoms with van der Waals surface area (Å²) in [5.74, 6) is -0.00620. The van der Waals surface area contributed by atoms with E-state index in [-0.39, 0.29) is 6.04 Å². The average molecular weight is 127 g/mol. The minimum Gasteiger partial charge on any atom is -0.480 e. The first kappa shape index (κ1) is 5.23. The van der Waals surface area contributed by atoms with Gasteiger partial charge in [-0.05, 0) is 18.8 Å². The van der Waals surface area contributed by atoms with Crippen molar-refractivity contribution in [1.29, 1.82) is 0 Å². The molecule has 0 aromatic rings. The molecule has 0 bridgehead atoms. The first-order valence-corrected chi connectivity index (χ1v) is 3.26. The molecule has 1 aliphatic carbocycles. The Hall–Kier alpha value is -0.570. The van der Waals surface area contributed by atoms with Crippen LogP contribution in [0.2, 0.25) is 0 Å². The number of rotatable bonds is 1. The molecule has 2 N–H and O–H groups in total. The van der Waals surface area contributed by atoms with Crippen molar-refractivity contribution in [2.45, 2.75) is 24.9 Å². The summed E-state index contributed by atoms with van der Waals surface area (Å²) in [5.41, 5.74) is 0. The Bertz CT molecular complexity index is 147. The van der Waals surface area contributed by atoms with Crippen molar-refractivity contribution >= 4 is 5.97 Å². The van der Waals surface area contributed by atoms with Crippen LogP contribution in [-0.4, -0.2) is 23.2 Å². The lowest BCUT2D eigenvalue weighted by Gasteiger charge is -2.04. The zero-order chi connectivity index (χ0) is 6.43. The van der Waals surface area contributed by atoms with Crippen molar-refractivity contribution in [1.82, 2.24) is 5.32 Å². The molecule has 0 unspecified atom stereocenters. The SMILES string of the molecule is O=C(O)[C@H]1C[C@@H]2C[C@H]2N1. The van der Waals surface area contributed by atoms with Crippen LogP contribution in [0.3, 0.4) is 0 Å². The van der Waals surface area contributed by atoms with Crippen LogP contribution in [0.4, 0.5) is 0 Å². The number of aliphatic carboxylic acids is 1. The Morgan fingerprint density at radius 3 is 2.67 bits per heavy atom. The van der Waals surface area contributed by atoms with Crippen molar-refractivity contribution in [2.75, 3.05) is 0 Å². The Labute approximate surface area is 53.1 Å². The van der Waals surface area contributed by atoms with Gasteiger partial charge in [-0.2, -0.15) is 0 Å². The molecule has 0 radical (unpaired) electrons. The van der Waals surface area contributed by atoms with Crippen molar-refractivity contribution in [3.05, 3.63) is 0 Å². The van der Waals surface area contributed by atoms with Crippen LogP contribution in [0.1, 0.15) is 12.8 Å². The number of carboxylic acid groups (broad SMARTS) is 1. The summed E-state index contributed by atoms with van der Waals surface area (Å²) >= 11 is 0. The predicted octanol–water partition coefficient (Wildman–Crippen LogP) is -0.179. The maximum absolute atomic E-state index is 10.3. The van der Waals surface area contributed by atoms with Gasteiger partial charge in [-0.1, -0.05) is 0 Å². The summed E-state index contributed by atoms with van der Waals surface area (Å²) in [6.07, 6.45) is 2.05. The van der Waals surface area contributed by atoms with Crippen LogP contribution in [0.15, 0.2) is 0 Å². The minimum absolute atomic E-state index is 0.242. The Kier molecular flexibility index (Phi) is 0.858. The van der Waals surface area contributed by atoms with Crippen molar-refractivity contribution in [3.63, 3.8) is 0 Å². The third-order valence-electron chi connectivity index (χ3n) is 2.17. The van der Waals surface area contributed by atoms with Crippen molar-refractivity contribution in [2.24, 2.45) is 5.92 Å². The molecule has 9 heavy (non-hydrogen) atoms. The molecule has 2 aliphatic rings. The van der Waals surface area contributed by atoms with E-state index in [4.69, 9.17) is 5.11 Å². The lowest BCUT2D eigenvalue weighted by Crippen LogP contribution is -2.33. The van der Waals surface area contributed by atoms with E-state index in [1.54, 1.807) is 0 Å². The summed E-state index contributed by atoms with van der Waals surface area (Å²) in [4.78, 5) is 10.3. The third kappa shape index (κ3) is 0.721. The quantitative estimate of drug-likeness (QED) is 0.513. The first-order chi connectivity index (χ1) is 4.27. The van der Waals surface area contributed by atoms with Crippen LogP contribution in [-0.2, 0) is 4.79 Å². The zero-order valence-electron chi connectivity index (χ0n) is 5.00. The van der Waals surface area contributed by atoms with Crippen LogP contribution in [0.5, 0.6) is 0 Å². The first-order valence-electron chi connectivity index (χ1n) is 3.26. The number of hydrogen-bond donors (Lipinski definition) is 2. The molecular weight excluding hydrogens is 118 g/mol. The normalized spacial score (nSPS) is 46.4. The second-order valence-corrected chi connectivity index (χ2v) is 2.90. The molecular formula is C6H9NO2. The lowest BCUT2D eigenvalue weighted by atomic mass is 10.2. The molecule has 0 amide bonds. The van der Waals surface area contributed by atoms with E-state index >= 15 is 0 Å². The summed E-state index contributed by atoms with van der Waals surface area (Å²) in [5, 5.41) is 11.5. The summed E-state index contributed by atoms with van der Waals surface area (Å²) in [6, 6.07) is 0.305. The smallest absolute Gasteiger partial charge is 0.320 e. The fourth-order valence-electron chi connectivity index (χ4n) is 1.51. The maximum atomic E-state index is 10.3. The molecule has 3 nitrogen and oxygen atoms in total. The van der Waals surface area contributed by atoms with Crippen molar-refractivity contribution < 1.29 is 9.90 Å². The molecule has 1 saturated heterocycles. The van der Waals surface area contributed by atoms with Gasteiger partial charge in [0.2, 0.25) is 0 Å². The molecule has 1 aliphatic heterocycles. The molecule has 50 valence electrons. The lowest BCUT2D eigenvalue weighted by molar-refractivity contribution is -0.139. The van der Waals surface area contributed by atoms with Gasteiger partial charge in [0.1, 0.15) is 6.04 Å². The van der Waals surface area contributed by atoms with E-state index in [0.29, 0.717) is 12.0 Å². The molecule has 1 saturated carbocycles. The average Bonchev–Trinajstić information content (AvgIpc) is 2.40. The third-order valence-corrected chi connectivity index (χ3v) is 2.17. The van der Waals surface area contributed by atoms with Gasteiger partial charge in [-0.3, -0.25) is 4.79 Å². The molecule has 1 heterocycles.